The summed E-state index contributed by atoms with van der Waals surface area (Å²) in [6, 6.07) is 14.5. The molecule has 0 unspecified atom stereocenters. The first kappa shape index (κ1) is 22.3. The number of benzene rings is 1. The second-order valence-electron chi connectivity index (χ2n) is 8.41. The Kier molecular flexibility index (Phi) is 6.02. The average molecular weight is 469 g/mol. The molecule has 0 aliphatic carbocycles. The standard InChI is InChI=1S/C26H24N6O3/c1-35-19-9-7-8-18(14-19)21(33)16-31-17-29-23-20(15-27)25(30-12-5-2-6-13-30)32(24(23)26(31)34)22-10-3-4-11-28-22/h3-4,7-11,14,17H,2,5-6,12-13,16H2,1H3. The van der Waals surface area contributed by atoms with Crippen LogP contribution in [0.3, 0.4) is 0 Å². The number of Topliss-reactive ketones (excluding diaryl/α,β-unsaturated/α-hetero) is 1. The van der Waals surface area contributed by atoms with Gasteiger partial charge in [0.2, 0.25) is 0 Å². The highest BCUT2D eigenvalue weighted by Gasteiger charge is 2.28. The van der Waals surface area contributed by atoms with Gasteiger partial charge in [-0.05, 0) is 43.5 Å². The SMILES string of the molecule is COc1cccc(C(=O)Cn2cnc3c(C#N)c(N4CCCCC4)n(-c4ccccn4)c3c2=O)c1. The van der Waals surface area contributed by atoms with Gasteiger partial charge in [0.05, 0.1) is 20.0 Å². The Morgan fingerprint density at radius 1 is 1.11 bits per heavy atom. The van der Waals surface area contributed by atoms with Crippen molar-refractivity contribution in [2.75, 3.05) is 25.1 Å². The summed E-state index contributed by atoms with van der Waals surface area (Å²) in [5.41, 5.74) is 0.923. The van der Waals surface area contributed by atoms with Crippen molar-refractivity contribution in [1.29, 1.82) is 5.26 Å². The molecule has 3 aromatic heterocycles. The second-order valence-corrected chi connectivity index (χ2v) is 8.41. The summed E-state index contributed by atoms with van der Waals surface area (Å²) in [4.78, 5) is 37.8. The van der Waals surface area contributed by atoms with E-state index in [1.807, 2.05) is 6.07 Å². The summed E-state index contributed by atoms with van der Waals surface area (Å²) in [5.74, 6) is 1.46. The van der Waals surface area contributed by atoms with Gasteiger partial charge >= 0.3 is 0 Å². The maximum absolute atomic E-state index is 13.7. The quantitative estimate of drug-likeness (QED) is 0.400. The number of rotatable bonds is 6. The molecule has 0 amide bonds. The fourth-order valence-corrected chi connectivity index (χ4v) is 4.56. The van der Waals surface area contributed by atoms with Crippen molar-refractivity contribution in [2.24, 2.45) is 0 Å². The van der Waals surface area contributed by atoms with Crippen molar-refractivity contribution < 1.29 is 9.53 Å². The highest BCUT2D eigenvalue weighted by Crippen LogP contribution is 2.33. The van der Waals surface area contributed by atoms with Gasteiger partial charge in [-0.15, -0.1) is 0 Å². The summed E-state index contributed by atoms with van der Waals surface area (Å²) in [7, 11) is 1.53. The third-order valence-electron chi connectivity index (χ3n) is 6.26. The van der Waals surface area contributed by atoms with Crippen LogP contribution in [0.25, 0.3) is 16.9 Å². The Balaban J connectivity index is 1.68. The first-order valence-electron chi connectivity index (χ1n) is 11.5. The van der Waals surface area contributed by atoms with Crippen molar-refractivity contribution in [3.63, 3.8) is 0 Å². The highest BCUT2D eigenvalue weighted by atomic mass is 16.5. The molecule has 176 valence electrons. The number of carbonyl (C=O) groups is 1. The number of aromatic nitrogens is 4. The van der Waals surface area contributed by atoms with Crippen LogP contribution in [0.1, 0.15) is 35.2 Å². The molecule has 1 fully saturated rings. The van der Waals surface area contributed by atoms with Gasteiger partial charge in [0.1, 0.15) is 40.1 Å². The second kappa shape index (κ2) is 9.43. The molecule has 4 heterocycles. The van der Waals surface area contributed by atoms with Crippen LogP contribution in [-0.2, 0) is 6.54 Å². The lowest BCUT2D eigenvalue weighted by atomic mass is 10.1. The molecule has 9 heteroatoms. The van der Waals surface area contributed by atoms with Crippen molar-refractivity contribution in [3.05, 3.63) is 76.5 Å². The van der Waals surface area contributed by atoms with Crippen LogP contribution in [-0.4, -0.2) is 45.1 Å². The van der Waals surface area contributed by atoms with E-state index in [1.54, 1.807) is 47.2 Å². The molecule has 1 aromatic carbocycles. The van der Waals surface area contributed by atoms with Crippen LogP contribution in [0.4, 0.5) is 5.82 Å². The van der Waals surface area contributed by atoms with E-state index in [-0.39, 0.29) is 17.8 Å². The number of carbonyl (C=O) groups excluding carboxylic acids is 1. The van der Waals surface area contributed by atoms with Gasteiger partial charge in [-0.3, -0.25) is 18.7 Å². The molecule has 0 N–H and O–H groups in total. The monoisotopic (exact) mass is 468 g/mol. The van der Waals surface area contributed by atoms with E-state index < -0.39 is 5.56 Å². The molecule has 0 saturated carbocycles. The predicted octanol–water partition coefficient (Wildman–Crippen LogP) is 3.34. The Morgan fingerprint density at radius 3 is 2.66 bits per heavy atom. The van der Waals surface area contributed by atoms with Crippen molar-refractivity contribution in [1.82, 2.24) is 19.1 Å². The van der Waals surface area contributed by atoms with Crippen molar-refractivity contribution in [2.45, 2.75) is 25.8 Å². The lowest BCUT2D eigenvalue weighted by Gasteiger charge is -2.29. The van der Waals surface area contributed by atoms with Crippen LogP contribution in [0.2, 0.25) is 0 Å². The lowest BCUT2D eigenvalue weighted by molar-refractivity contribution is 0.0970. The molecule has 1 aliphatic heterocycles. The summed E-state index contributed by atoms with van der Waals surface area (Å²) in [5, 5.41) is 10.1. The predicted molar refractivity (Wildman–Crippen MR) is 131 cm³/mol. The number of ketones is 1. The topological polar surface area (TPSA) is 106 Å². The molecule has 4 aromatic rings. The minimum atomic E-state index is -0.406. The molecule has 0 atom stereocenters. The van der Waals surface area contributed by atoms with E-state index in [0.29, 0.717) is 34.0 Å². The van der Waals surface area contributed by atoms with Gasteiger partial charge in [0, 0.05) is 24.8 Å². The highest BCUT2D eigenvalue weighted by molar-refractivity contribution is 5.96. The van der Waals surface area contributed by atoms with E-state index in [1.165, 1.54) is 18.0 Å². The zero-order chi connectivity index (χ0) is 24.4. The zero-order valence-electron chi connectivity index (χ0n) is 19.3. The van der Waals surface area contributed by atoms with E-state index >= 15 is 0 Å². The van der Waals surface area contributed by atoms with Gasteiger partial charge in [0.15, 0.2) is 5.78 Å². The van der Waals surface area contributed by atoms with Gasteiger partial charge in [-0.1, -0.05) is 18.2 Å². The summed E-state index contributed by atoms with van der Waals surface area (Å²) in [6.45, 7) is 1.37. The van der Waals surface area contributed by atoms with Gasteiger partial charge in [-0.2, -0.15) is 5.26 Å². The smallest absolute Gasteiger partial charge is 0.278 e. The van der Waals surface area contributed by atoms with Gasteiger partial charge in [0.25, 0.3) is 5.56 Å². The van der Waals surface area contributed by atoms with Crippen LogP contribution in [0.15, 0.2) is 59.8 Å². The minimum Gasteiger partial charge on any atom is -0.497 e. The summed E-state index contributed by atoms with van der Waals surface area (Å²) >= 11 is 0. The Hall–Kier alpha value is -4.45. The fraction of sp³-hybridized carbons (Fsp3) is 0.269. The number of hydrogen-bond donors (Lipinski definition) is 0. The number of methoxy groups -OCH3 is 1. The van der Waals surface area contributed by atoms with Gasteiger partial charge < -0.3 is 9.64 Å². The molecule has 5 rings (SSSR count). The maximum Gasteiger partial charge on any atom is 0.278 e. The average Bonchev–Trinajstić information content (AvgIpc) is 3.26. The first-order chi connectivity index (χ1) is 17.1. The van der Waals surface area contributed by atoms with Crippen molar-refractivity contribution >= 4 is 22.6 Å². The normalized spacial score (nSPS) is 13.5. The number of pyridine rings is 1. The van der Waals surface area contributed by atoms with Crippen LogP contribution < -0.4 is 15.2 Å². The van der Waals surface area contributed by atoms with E-state index in [2.05, 4.69) is 20.9 Å². The Morgan fingerprint density at radius 2 is 1.94 bits per heavy atom. The Labute approximate surface area is 201 Å². The summed E-state index contributed by atoms with van der Waals surface area (Å²) < 4.78 is 8.21. The third kappa shape index (κ3) is 4.04. The third-order valence-corrected chi connectivity index (χ3v) is 6.26. The Bertz CT molecular complexity index is 1490. The molecule has 0 spiro atoms. The van der Waals surface area contributed by atoms with E-state index in [0.717, 1.165) is 32.4 Å². The van der Waals surface area contributed by atoms with Crippen LogP contribution in [0.5, 0.6) is 5.75 Å². The van der Waals surface area contributed by atoms with Crippen LogP contribution in [0, 0.1) is 11.3 Å². The molecule has 0 radical (unpaired) electrons. The number of nitriles is 1. The van der Waals surface area contributed by atoms with Crippen molar-refractivity contribution in [3.8, 4) is 17.6 Å². The number of nitrogens with zero attached hydrogens (tertiary/aromatic N) is 6. The van der Waals surface area contributed by atoms with E-state index in [4.69, 9.17) is 4.74 Å². The molecule has 0 bridgehead atoms. The van der Waals surface area contributed by atoms with Crippen LogP contribution >= 0.6 is 0 Å². The molecule has 9 nitrogen and oxygen atoms in total. The summed E-state index contributed by atoms with van der Waals surface area (Å²) in [6.07, 6.45) is 6.11. The molecular weight excluding hydrogens is 444 g/mol. The first-order valence-corrected chi connectivity index (χ1v) is 11.5. The zero-order valence-corrected chi connectivity index (χ0v) is 19.3. The van der Waals surface area contributed by atoms with Gasteiger partial charge in [-0.25, -0.2) is 9.97 Å². The molecular formula is C26H24N6O3. The number of piperidine rings is 1. The molecule has 35 heavy (non-hydrogen) atoms. The number of fused-ring (bicyclic) bond motifs is 1. The number of hydrogen-bond acceptors (Lipinski definition) is 7. The minimum absolute atomic E-state index is 0.191. The molecule has 1 aliphatic rings. The lowest BCUT2D eigenvalue weighted by Crippen LogP contribution is -2.32. The molecule has 1 saturated heterocycles. The van der Waals surface area contributed by atoms with E-state index in [9.17, 15) is 14.9 Å². The largest absolute Gasteiger partial charge is 0.497 e. The maximum atomic E-state index is 13.7. The number of ether oxygens (including phenoxy) is 1. The fourth-order valence-electron chi connectivity index (χ4n) is 4.56. The number of anilines is 1.